The van der Waals surface area contributed by atoms with Gasteiger partial charge in [-0.3, -0.25) is 4.79 Å². The van der Waals surface area contributed by atoms with E-state index in [1.807, 2.05) is 6.26 Å². The lowest BCUT2D eigenvalue weighted by Crippen LogP contribution is -2.25. The van der Waals surface area contributed by atoms with Crippen LogP contribution in [-0.4, -0.2) is 43.7 Å². The normalized spacial score (nSPS) is 14.4. The van der Waals surface area contributed by atoms with Gasteiger partial charge in [0.15, 0.2) is 5.16 Å². The summed E-state index contributed by atoms with van der Waals surface area (Å²) in [6, 6.07) is 7.65. The fourth-order valence-corrected chi connectivity index (χ4v) is 4.33. The van der Waals surface area contributed by atoms with Gasteiger partial charge in [-0.05, 0) is 49.8 Å². The van der Waals surface area contributed by atoms with E-state index in [1.165, 1.54) is 32.1 Å². The molecule has 2 heterocycles. The largest absolute Gasteiger partial charge is 0.423 e. The molecule has 0 spiro atoms. The minimum atomic E-state index is -0.0934. The van der Waals surface area contributed by atoms with Crippen molar-refractivity contribution in [3.05, 3.63) is 42.0 Å². The van der Waals surface area contributed by atoms with Crippen molar-refractivity contribution in [2.45, 2.75) is 49.7 Å². The molecule has 1 saturated carbocycles. The van der Waals surface area contributed by atoms with E-state index < -0.39 is 0 Å². The van der Waals surface area contributed by atoms with Gasteiger partial charge >= 0.3 is 0 Å². The van der Waals surface area contributed by atoms with E-state index in [0.29, 0.717) is 24.0 Å². The van der Waals surface area contributed by atoms with Crippen LogP contribution < -0.4 is 5.32 Å². The van der Waals surface area contributed by atoms with Gasteiger partial charge in [-0.25, -0.2) is 0 Å². The first-order valence-electron chi connectivity index (χ1n) is 9.89. The zero-order valence-electron chi connectivity index (χ0n) is 16.4. The maximum absolute atomic E-state index is 12.4. The number of aryl methyl sites for hydroxylation is 1. The average molecular weight is 413 g/mol. The summed E-state index contributed by atoms with van der Waals surface area (Å²) in [7, 11) is 0. The standard InChI is InChI=1S/C20H24N6O2S/c1-29-20-25-23-17(26(20)16-5-2-3-6-16)7-4-12-21-18(27)14-8-10-15(11-9-14)19-24-22-13-28-19/h8-11,13,16H,2-7,12H2,1H3,(H,21,27). The second kappa shape index (κ2) is 9.21. The Hall–Kier alpha value is -2.68. The van der Waals surface area contributed by atoms with E-state index in [0.717, 1.165) is 29.4 Å². The molecule has 4 rings (SSSR count). The fraction of sp³-hybridized carbons (Fsp3) is 0.450. The molecule has 3 aromatic rings. The number of nitrogens with zero attached hydrogens (tertiary/aromatic N) is 5. The Balaban J connectivity index is 1.29. The summed E-state index contributed by atoms with van der Waals surface area (Å²) in [5.41, 5.74) is 1.39. The van der Waals surface area contributed by atoms with E-state index in [1.54, 1.807) is 36.0 Å². The third kappa shape index (κ3) is 4.50. The van der Waals surface area contributed by atoms with Crippen molar-refractivity contribution >= 4 is 17.7 Å². The Morgan fingerprint density at radius 1 is 1.21 bits per heavy atom. The van der Waals surface area contributed by atoms with Gasteiger partial charge in [-0.1, -0.05) is 24.6 Å². The van der Waals surface area contributed by atoms with Gasteiger partial charge in [-0.15, -0.1) is 20.4 Å². The molecule has 1 amide bonds. The molecule has 8 nitrogen and oxygen atoms in total. The molecule has 0 saturated heterocycles. The Labute approximate surface area is 173 Å². The molecule has 0 aliphatic heterocycles. The summed E-state index contributed by atoms with van der Waals surface area (Å²) in [6.45, 7) is 0.594. The van der Waals surface area contributed by atoms with Crippen LogP contribution in [0.15, 0.2) is 40.2 Å². The van der Waals surface area contributed by atoms with Gasteiger partial charge in [0.2, 0.25) is 12.3 Å². The smallest absolute Gasteiger partial charge is 0.251 e. The van der Waals surface area contributed by atoms with Crippen molar-refractivity contribution in [1.29, 1.82) is 0 Å². The van der Waals surface area contributed by atoms with Gasteiger partial charge in [0.25, 0.3) is 5.91 Å². The van der Waals surface area contributed by atoms with Crippen LogP contribution in [0.2, 0.25) is 0 Å². The Bertz CT molecular complexity index is 933. The zero-order valence-corrected chi connectivity index (χ0v) is 17.2. The first kappa shape index (κ1) is 19.6. The van der Waals surface area contributed by atoms with Crippen molar-refractivity contribution in [3.8, 4) is 11.5 Å². The lowest BCUT2D eigenvalue weighted by Gasteiger charge is -2.16. The molecule has 0 radical (unpaired) electrons. The van der Waals surface area contributed by atoms with Gasteiger partial charge < -0.3 is 14.3 Å². The Morgan fingerprint density at radius 2 is 2.00 bits per heavy atom. The minimum absolute atomic E-state index is 0.0934. The molecular formula is C20H24N6O2S. The highest BCUT2D eigenvalue weighted by molar-refractivity contribution is 7.98. The number of benzene rings is 1. The maximum atomic E-state index is 12.4. The van der Waals surface area contributed by atoms with Crippen molar-refractivity contribution < 1.29 is 9.21 Å². The molecule has 0 unspecified atom stereocenters. The molecule has 2 aromatic heterocycles. The molecular weight excluding hydrogens is 388 g/mol. The van der Waals surface area contributed by atoms with Crippen molar-refractivity contribution in [1.82, 2.24) is 30.3 Å². The highest BCUT2D eigenvalue weighted by Crippen LogP contribution is 2.33. The van der Waals surface area contributed by atoms with Crippen molar-refractivity contribution in [3.63, 3.8) is 0 Å². The number of carbonyl (C=O) groups excluding carboxylic acids is 1. The third-order valence-corrected chi connectivity index (χ3v) is 5.87. The topological polar surface area (TPSA) is 98.7 Å². The van der Waals surface area contributed by atoms with E-state index in [2.05, 4.69) is 30.3 Å². The van der Waals surface area contributed by atoms with E-state index in [9.17, 15) is 4.79 Å². The Kier molecular flexibility index (Phi) is 6.24. The van der Waals surface area contributed by atoms with Crippen LogP contribution in [0, 0.1) is 0 Å². The number of aromatic nitrogens is 5. The molecule has 1 N–H and O–H groups in total. The molecule has 0 bridgehead atoms. The molecule has 1 fully saturated rings. The van der Waals surface area contributed by atoms with Gasteiger partial charge in [0.05, 0.1) is 0 Å². The lowest BCUT2D eigenvalue weighted by atomic mass is 10.1. The van der Waals surface area contributed by atoms with Crippen LogP contribution in [0.1, 0.15) is 54.3 Å². The maximum Gasteiger partial charge on any atom is 0.251 e. The predicted molar refractivity (Wildman–Crippen MR) is 110 cm³/mol. The number of thioether (sulfide) groups is 1. The average Bonchev–Trinajstić information content (AvgIpc) is 3.52. The number of amides is 1. The van der Waals surface area contributed by atoms with E-state index >= 15 is 0 Å². The van der Waals surface area contributed by atoms with E-state index in [4.69, 9.17) is 4.42 Å². The minimum Gasteiger partial charge on any atom is -0.423 e. The molecule has 29 heavy (non-hydrogen) atoms. The van der Waals surface area contributed by atoms with Crippen molar-refractivity contribution in [2.24, 2.45) is 0 Å². The van der Waals surface area contributed by atoms with Crippen LogP contribution in [0.3, 0.4) is 0 Å². The summed E-state index contributed by atoms with van der Waals surface area (Å²) in [6.07, 6.45) is 9.92. The van der Waals surface area contributed by atoms with Crippen LogP contribution in [0.5, 0.6) is 0 Å². The number of rotatable bonds is 8. The molecule has 152 valence electrons. The van der Waals surface area contributed by atoms with Crippen molar-refractivity contribution in [2.75, 3.05) is 12.8 Å². The predicted octanol–water partition coefficient (Wildman–Crippen LogP) is 3.53. The highest BCUT2D eigenvalue weighted by atomic mass is 32.2. The second-order valence-corrected chi connectivity index (χ2v) is 7.87. The van der Waals surface area contributed by atoms with Crippen LogP contribution in [0.4, 0.5) is 0 Å². The molecule has 1 aromatic carbocycles. The summed E-state index contributed by atoms with van der Waals surface area (Å²) in [5, 5.41) is 20.2. The lowest BCUT2D eigenvalue weighted by molar-refractivity contribution is 0.0953. The second-order valence-electron chi connectivity index (χ2n) is 7.09. The number of hydrogen-bond acceptors (Lipinski definition) is 7. The molecule has 1 aliphatic carbocycles. The van der Waals surface area contributed by atoms with Gasteiger partial charge in [0, 0.05) is 30.1 Å². The zero-order chi connectivity index (χ0) is 20.1. The third-order valence-electron chi connectivity index (χ3n) is 5.22. The summed E-state index contributed by atoms with van der Waals surface area (Å²) in [5.74, 6) is 1.37. The van der Waals surface area contributed by atoms with E-state index in [-0.39, 0.29) is 5.91 Å². The Morgan fingerprint density at radius 3 is 2.69 bits per heavy atom. The molecule has 0 atom stereocenters. The van der Waals surface area contributed by atoms with Crippen LogP contribution >= 0.6 is 11.8 Å². The molecule has 9 heteroatoms. The SMILES string of the molecule is CSc1nnc(CCCNC(=O)c2ccc(-c3nnco3)cc2)n1C1CCCC1. The van der Waals surface area contributed by atoms with Gasteiger partial charge in [0.1, 0.15) is 5.82 Å². The summed E-state index contributed by atoms with van der Waals surface area (Å²) in [4.78, 5) is 12.4. The van der Waals surface area contributed by atoms with Crippen LogP contribution in [0.25, 0.3) is 11.5 Å². The number of carbonyl (C=O) groups is 1. The number of nitrogens with one attached hydrogen (secondary N) is 1. The first-order valence-corrected chi connectivity index (χ1v) is 11.1. The fourth-order valence-electron chi connectivity index (χ4n) is 3.76. The van der Waals surface area contributed by atoms with Crippen LogP contribution in [-0.2, 0) is 6.42 Å². The molecule has 1 aliphatic rings. The quantitative estimate of drug-likeness (QED) is 0.446. The van der Waals surface area contributed by atoms with Gasteiger partial charge in [-0.2, -0.15) is 0 Å². The summed E-state index contributed by atoms with van der Waals surface area (Å²) >= 11 is 1.65. The first-order chi connectivity index (χ1) is 14.3. The summed E-state index contributed by atoms with van der Waals surface area (Å²) < 4.78 is 7.48. The monoisotopic (exact) mass is 412 g/mol. The highest BCUT2D eigenvalue weighted by Gasteiger charge is 2.23. The number of hydrogen-bond donors (Lipinski definition) is 1.